The summed E-state index contributed by atoms with van der Waals surface area (Å²) in [6.07, 6.45) is 1.45. The third-order valence-corrected chi connectivity index (χ3v) is 2.94. The molecule has 3 N–H and O–H groups in total. The van der Waals surface area contributed by atoms with E-state index in [1.54, 1.807) is 12.1 Å². The number of hydrogen-bond donors (Lipinski definition) is 3. The largest absolute Gasteiger partial charge is 0.357 e. The second-order valence-corrected chi connectivity index (χ2v) is 4.81. The number of carbonyl (C=O) groups excluding carboxylic acids is 1. The van der Waals surface area contributed by atoms with Gasteiger partial charge in [0, 0.05) is 19.6 Å². The molecule has 0 aliphatic rings. The van der Waals surface area contributed by atoms with E-state index in [2.05, 4.69) is 20.9 Å². The Bertz CT molecular complexity index is 497. The van der Waals surface area contributed by atoms with Crippen molar-refractivity contribution in [3.05, 3.63) is 35.6 Å². The number of amides is 1. The van der Waals surface area contributed by atoms with Crippen molar-refractivity contribution in [1.29, 1.82) is 0 Å². The molecule has 0 saturated heterocycles. The summed E-state index contributed by atoms with van der Waals surface area (Å²) in [5.74, 6) is 0.254. The molecule has 0 atom stereocenters. The van der Waals surface area contributed by atoms with Crippen LogP contribution in [-0.2, 0) is 11.2 Å². The van der Waals surface area contributed by atoms with Crippen LogP contribution in [0.5, 0.6) is 0 Å². The first-order valence-electron chi connectivity index (χ1n) is 7.69. The highest BCUT2D eigenvalue weighted by atomic mass is 127. The Labute approximate surface area is 154 Å². The average Bonchev–Trinajstić information content (AvgIpc) is 2.52. The van der Waals surface area contributed by atoms with Crippen molar-refractivity contribution in [2.75, 3.05) is 26.2 Å². The Morgan fingerprint density at radius 1 is 1.13 bits per heavy atom. The van der Waals surface area contributed by atoms with E-state index >= 15 is 0 Å². The molecule has 0 radical (unpaired) electrons. The maximum atomic E-state index is 13.5. The molecule has 1 aromatic rings. The van der Waals surface area contributed by atoms with Crippen molar-refractivity contribution >= 4 is 35.8 Å². The molecule has 23 heavy (non-hydrogen) atoms. The summed E-state index contributed by atoms with van der Waals surface area (Å²) in [6.45, 7) is 5.93. The van der Waals surface area contributed by atoms with E-state index in [-0.39, 0.29) is 42.2 Å². The van der Waals surface area contributed by atoms with Gasteiger partial charge in [-0.25, -0.2) is 9.38 Å². The predicted octanol–water partition coefficient (Wildman–Crippen LogP) is 2.07. The molecule has 0 aliphatic heterocycles. The van der Waals surface area contributed by atoms with Crippen LogP contribution in [0.3, 0.4) is 0 Å². The van der Waals surface area contributed by atoms with Crippen LogP contribution in [0.2, 0.25) is 0 Å². The lowest BCUT2D eigenvalue weighted by Crippen LogP contribution is -2.39. The second-order valence-electron chi connectivity index (χ2n) is 4.81. The van der Waals surface area contributed by atoms with E-state index in [9.17, 15) is 9.18 Å². The highest BCUT2D eigenvalue weighted by Gasteiger charge is 2.03. The smallest absolute Gasteiger partial charge is 0.241 e. The van der Waals surface area contributed by atoms with Gasteiger partial charge in [0.25, 0.3) is 0 Å². The fourth-order valence-corrected chi connectivity index (χ4v) is 1.83. The van der Waals surface area contributed by atoms with E-state index < -0.39 is 0 Å². The Balaban J connectivity index is 0.00000484. The quantitative estimate of drug-likeness (QED) is 0.332. The molecule has 0 fully saturated rings. The number of carbonyl (C=O) groups is 1. The van der Waals surface area contributed by atoms with Crippen LogP contribution < -0.4 is 16.0 Å². The second kappa shape index (κ2) is 13.1. The van der Waals surface area contributed by atoms with Gasteiger partial charge in [-0.05, 0) is 31.4 Å². The Morgan fingerprint density at radius 3 is 2.52 bits per heavy atom. The minimum Gasteiger partial charge on any atom is -0.357 e. The topological polar surface area (TPSA) is 65.5 Å². The summed E-state index contributed by atoms with van der Waals surface area (Å²) in [5.41, 5.74) is 0.659. The highest BCUT2D eigenvalue weighted by molar-refractivity contribution is 14.0. The van der Waals surface area contributed by atoms with Gasteiger partial charge in [-0.2, -0.15) is 0 Å². The van der Waals surface area contributed by atoms with Crippen molar-refractivity contribution in [3.8, 4) is 0 Å². The first-order chi connectivity index (χ1) is 10.7. The molecule has 7 heteroatoms. The summed E-state index contributed by atoms with van der Waals surface area (Å²) in [5, 5.41) is 8.93. The Kier molecular flexibility index (Phi) is 12.3. The van der Waals surface area contributed by atoms with Crippen LogP contribution in [0.1, 0.15) is 25.8 Å². The third kappa shape index (κ3) is 9.37. The predicted molar refractivity (Wildman–Crippen MR) is 103 cm³/mol. The van der Waals surface area contributed by atoms with Crippen LogP contribution >= 0.6 is 24.0 Å². The molecule has 130 valence electrons. The van der Waals surface area contributed by atoms with Crippen LogP contribution in [0.25, 0.3) is 0 Å². The van der Waals surface area contributed by atoms with Crippen LogP contribution in [0.4, 0.5) is 4.39 Å². The van der Waals surface area contributed by atoms with E-state index in [4.69, 9.17) is 0 Å². The minimum atomic E-state index is -0.204. The monoisotopic (exact) mass is 436 g/mol. The zero-order valence-corrected chi connectivity index (χ0v) is 16.0. The molecule has 0 saturated carbocycles. The minimum absolute atomic E-state index is 0. The van der Waals surface area contributed by atoms with Crippen LogP contribution in [0.15, 0.2) is 29.3 Å². The van der Waals surface area contributed by atoms with E-state index in [0.717, 1.165) is 6.42 Å². The lowest BCUT2D eigenvalue weighted by Gasteiger charge is -2.11. The van der Waals surface area contributed by atoms with Crippen molar-refractivity contribution in [2.45, 2.75) is 26.7 Å². The number of aliphatic imine (C=N–C) groups is 1. The Hall–Kier alpha value is -1.38. The number of guanidine groups is 1. The maximum Gasteiger partial charge on any atom is 0.241 e. The SMILES string of the molecule is CCCNC(=O)CN=C(NCC)NCCc1ccccc1F.I. The lowest BCUT2D eigenvalue weighted by molar-refractivity contribution is -0.119. The number of halogens is 2. The van der Waals surface area contributed by atoms with Gasteiger partial charge in [-0.1, -0.05) is 25.1 Å². The zero-order valence-electron chi connectivity index (χ0n) is 13.7. The summed E-state index contributed by atoms with van der Waals surface area (Å²) in [4.78, 5) is 15.7. The number of nitrogens with zero attached hydrogens (tertiary/aromatic N) is 1. The number of hydrogen-bond acceptors (Lipinski definition) is 2. The number of benzene rings is 1. The highest BCUT2D eigenvalue weighted by Crippen LogP contribution is 2.05. The van der Waals surface area contributed by atoms with Crippen molar-refractivity contribution < 1.29 is 9.18 Å². The first-order valence-corrected chi connectivity index (χ1v) is 7.69. The summed E-state index contributed by atoms with van der Waals surface area (Å²) < 4.78 is 13.5. The number of rotatable bonds is 8. The molecule has 0 unspecified atom stereocenters. The molecule has 0 aromatic heterocycles. The van der Waals surface area contributed by atoms with Crippen LogP contribution in [0, 0.1) is 5.82 Å². The first kappa shape index (κ1) is 21.6. The molecule has 5 nitrogen and oxygen atoms in total. The van der Waals surface area contributed by atoms with Gasteiger partial charge in [-0.15, -0.1) is 24.0 Å². The van der Waals surface area contributed by atoms with Gasteiger partial charge in [-0.3, -0.25) is 4.79 Å². The van der Waals surface area contributed by atoms with E-state index in [0.29, 0.717) is 37.6 Å². The van der Waals surface area contributed by atoms with Gasteiger partial charge < -0.3 is 16.0 Å². The molecule has 0 spiro atoms. The van der Waals surface area contributed by atoms with Gasteiger partial charge in [0.1, 0.15) is 12.4 Å². The van der Waals surface area contributed by atoms with Crippen LogP contribution in [-0.4, -0.2) is 38.0 Å². The fourth-order valence-electron chi connectivity index (χ4n) is 1.83. The van der Waals surface area contributed by atoms with Crippen molar-refractivity contribution in [2.24, 2.45) is 4.99 Å². The standard InChI is InChI=1S/C16H25FN4O.HI/c1-3-10-19-15(22)12-21-16(18-4-2)20-11-9-13-7-5-6-8-14(13)17;/h5-8H,3-4,9-12H2,1-2H3,(H,19,22)(H2,18,20,21);1H. The molecular weight excluding hydrogens is 410 g/mol. The summed E-state index contributed by atoms with van der Waals surface area (Å²) in [6, 6.07) is 6.70. The summed E-state index contributed by atoms with van der Waals surface area (Å²) >= 11 is 0. The molecule has 0 aliphatic carbocycles. The molecule has 1 amide bonds. The molecule has 1 aromatic carbocycles. The zero-order chi connectivity index (χ0) is 16.2. The number of nitrogens with one attached hydrogen (secondary N) is 3. The molecular formula is C16H26FIN4O. The Morgan fingerprint density at radius 2 is 1.87 bits per heavy atom. The van der Waals surface area contributed by atoms with Crippen molar-refractivity contribution in [1.82, 2.24) is 16.0 Å². The van der Waals surface area contributed by atoms with Gasteiger partial charge in [0.15, 0.2) is 5.96 Å². The van der Waals surface area contributed by atoms with E-state index in [1.807, 2.05) is 19.9 Å². The normalized spacial score (nSPS) is 10.7. The van der Waals surface area contributed by atoms with Gasteiger partial charge >= 0.3 is 0 Å². The molecule has 1 rings (SSSR count). The lowest BCUT2D eigenvalue weighted by atomic mass is 10.1. The molecule has 0 bridgehead atoms. The van der Waals surface area contributed by atoms with E-state index in [1.165, 1.54) is 6.07 Å². The molecule has 0 heterocycles. The van der Waals surface area contributed by atoms with Gasteiger partial charge in [0.2, 0.25) is 5.91 Å². The maximum absolute atomic E-state index is 13.5. The van der Waals surface area contributed by atoms with Gasteiger partial charge in [0.05, 0.1) is 0 Å². The third-order valence-electron chi connectivity index (χ3n) is 2.94. The summed E-state index contributed by atoms with van der Waals surface area (Å²) in [7, 11) is 0. The fraction of sp³-hybridized carbons (Fsp3) is 0.500. The average molecular weight is 436 g/mol. The van der Waals surface area contributed by atoms with Crippen molar-refractivity contribution in [3.63, 3.8) is 0 Å².